The lowest BCUT2D eigenvalue weighted by atomic mass is 10.1. The quantitative estimate of drug-likeness (QED) is 0.541. The van der Waals surface area contributed by atoms with Gasteiger partial charge in [0.2, 0.25) is 0 Å². The van der Waals surface area contributed by atoms with Crippen molar-refractivity contribution in [2.75, 3.05) is 5.32 Å². The Labute approximate surface area is 143 Å². The summed E-state index contributed by atoms with van der Waals surface area (Å²) in [5.41, 5.74) is 4.25. The van der Waals surface area contributed by atoms with Crippen LogP contribution >= 0.6 is 11.6 Å². The van der Waals surface area contributed by atoms with E-state index in [0.29, 0.717) is 21.8 Å². The fraction of sp³-hybridized carbons (Fsp3) is 0. The maximum absolute atomic E-state index is 12.4. The van der Waals surface area contributed by atoms with Crippen LogP contribution < -0.4 is 5.32 Å². The summed E-state index contributed by atoms with van der Waals surface area (Å²) in [5, 5.41) is 3.40. The molecule has 116 valence electrons. The maximum atomic E-state index is 12.4. The van der Waals surface area contributed by atoms with E-state index >= 15 is 0 Å². The normalized spacial score (nSPS) is 10.9. The van der Waals surface area contributed by atoms with E-state index < -0.39 is 0 Å². The number of rotatable bonds is 2. The van der Waals surface area contributed by atoms with Crippen molar-refractivity contribution in [2.24, 2.45) is 0 Å². The summed E-state index contributed by atoms with van der Waals surface area (Å²) < 4.78 is 0. The Morgan fingerprint density at radius 3 is 2.25 bits per heavy atom. The molecule has 1 amide bonds. The number of nitrogens with zero attached hydrogens (tertiary/aromatic N) is 2. The Morgan fingerprint density at radius 2 is 1.50 bits per heavy atom. The molecule has 0 atom stereocenters. The van der Waals surface area contributed by atoms with Crippen LogP contribution in [0.5, 0.6) is 0 Å². The molecule has 5 heteroatoms. The number of carbonyl (C=O) groups excluding carboxylic acids is 1. The molecule has 0 saturated heterocycles. The SMILES string of the molecule is O=C(Nc1cccc(Cl)c1)c1ccc2nc3ccccc3nc2c1. The van der Waals surface area contributed by atoms with E-state index in [1.165, 1.54) is 0 Å². The third-order valence-corrected chi connectivity index (χ3v) is 3.92. The highest BCUT2D eigenvalue weighted by Gasteiger charge is 2.09. The molecule has 0 radical (unpaired) electrons. The number of hydrogen-bond donors (Lipinski definition) is 1. The summed E-state index contributed by atoms with van der Waals surface area (Å²) in [6.45, 7) is 0. The standard InChI is InChI=1S/C19H12ClN3O/c20-13-4-3-5-14(11-13)21-19(24)12-8-9-17-18(10-12)23-16-7-2-1-6-15(16)22-17/h1-11H,(H,21,24). The van der Waals surface area contributed by atoms with Crippen LogP contribution in [0.1, 0.15) is 10.4 Å². The molecule has 4 rings (SSSR count). The zero-order chi connectivity index (χ0) is 16.5. The van der Waals surface area contributed by atoms with Gasteiger partial charge in [-0.15, -0.1) is 0 Å². The molecule has 0 spiro atoms. The minimum Gasteiger partial charge on any atom is -0.322 e. The lowest BCUT2D eigenvalue weighted by Gasteiger charge is -2.07. The fourth-order valence-electron chi connectivity index (χ4n) is 2.53. The van der Waals surface area contributed by atoms with Gasteiger partial charge in [0.25, 0.3) is 5.91 Å². The predicted molar refractivity (Wildman–Crippen MR) is 96.4 cm³/mol. The van der Waals surface area contributed by atoms with E-state index in [1.54, 1.807) is 36.4 Å². The number of anilines is 1. The molecule has 0 fully saturated rings. The predicted octanol–water partition coefficient (Wildman–Crippen LogP) is 4.69. The Hall–Kier alpha value is -2.98. The van der Waals surface area contributed by atoms with Crippen molar-refractivity contribution in [3.8, 4) is 0 Å². The minimum absolute atomic E-state index is 0.214. The average Bonchev–Trinajstić information content (AvgIpc) is 2.59. The molecule has 0 saturated carbocycles. The van der Waals surface area contributed by atoms with Gasteiger partial charge in [0.15, 0.2) is 0 Å². The van der Waals surface area contributed by atoms with Crippen molar-refractivity contribution in [3.05, 3.63) is 77.3 Å². The average molecular weight is 334 g/mol. The van der Waals surface area contributed by atoms with Crippen LogP contribution in [0.25, 0.3) is 22.1 Å². The van der Waals surface area contributed by atoms with Crippen molar-refractivity contribution in [3.63, 3.8) is 0 Å². The van der Waals surface area contributed by atoms with Crippen LogP contribution in [-0.2, 0) is 0 Å². The Balaban J connectivity index is 1.71. The third-order valence-electron chi connectivity index (χ3n) is 3.68. The van der Waals surface area contributed by atoms with Gasteiger partial charge in [-0.2, -0.15) is 0 Å². The second-order valence-electron chi connectivity index (χ2n) is 5.38. The molecule has 1 aromatic heterocycles. The number of nitrogens with one attached hydrogen (secondary N) is 1. The van der Waals surface area contributed by atoms with Crippen molar-refractivity contribution in [1.82, 2.24) is 9.97 Å². The molecule has 0 aliphatic carbocycles. The van der Waals surface area contributed by atoms with Gasteiger partial charge in [0, 0.05) is 16.3 Å². The van der Waals surface area contributed by atoms with E-state index in [1.807, 2.05) is 30.3 Å². The van der Waals surface area contributed by atoms with Crippen molar-refractivity contribution in [1.29, 1.82) is 0 Å². The third kappa shape index (κ3) is 2.79. The van der Waals surface area contributed by atoms with E-state index in [2.05, 4.69) is 15.3 Å². The van der Waals surface area contributed by atoms with Crippen molar-refractivity contribution >= 4 is 45.3 Å². The highest BCUT2D eigenvalue weighted by Crippen LogP contribution is 2.19. The first-order chi connectivity index (χ1) is 11.7. The van der Waals surface area contributed by atoms with E-state index in [0.717, 1.165) is 16.6 Å². The number of fused-ring (bicyclic) bond motifs is 2. The van der Waals surface area contributed by atoms with Crippen LogP contribution in [0.3, 0.4) is 0 Å². The molecular weight excluding hydrogens is 322 g/mol. The van der Waals surface area contributed by atoms with E-state index in [4.69, 9.17) is 11.6 Å². The van der Waals surface area contributed by atoms with Crippen LogP contribution in [0.15, 0.2) is 66.7 Å². The van der Waals surface area contributed by atoms with Gasteiger partial charge in [0.1, 0.15) is 0 Å². The zero-order valence-corrected chi connectivity index (χ0v) is 13.3. The largest absolute Gasteiger partial charge is 0.322 e. The number of para-hydroxylation sites is 2. The molecule has 4 nitrogen and oxygen atoms in total. The highest BCUT2D eigenvalue weighted by molar-refractivity contribution is 6.31. The first-order valence-corrected chi connectivity index (χ1v) is 7.80. The summed E-state index contributed by atoms with van der Waals surface area (Å²) in [7, 11) is 0. The maximum Gasteiger partial charge on any atom is 0.255 e. The van der Waals surface area contributed by atoms with Crippen molar-refractivity contribution in [2.45, 2.75) is 0 Å². The number of halogens is 1. The second-order valence-corrected chi connectivity index (χ2v) is 5.82. The number of carbonyl (C=O) groups is 1. The van der Waals surface area contributed by atoms with Crippen LogP contribution in [0.2, 0.25) is 5.02 Å². The Morgan fingerprint density at radius 1 is 0.792 bits per heavy atom. The molecule has 1 N–H and O–H groups in total. The number of hydrogen-bond acceptors (Lipinski definition) is 3. The van der Waals surface area contributed by atoms with Crippen LogP contribution in [0, 0.1) is 0 Å². The first-order valence-electron chi connectivity index (χ1n) is 7.42. The number of benzene rings is 3. The van der Waals surface area contributed by atoms with Crippen LogP contribution in [0.4, 0.5) is 5.69 Å². The van der Waals surface area contributed by atoms with Gasteiger partial charge in [-0.3, -0.25) is 4.79 Å². The van der Waals surface area contributed by atoms with E-state index in [-0.39, 0.29) is 5.91 Å². The molecule has 0 unspecified atom stereocenters. The molecule has 0 bridgehead atoms. The van der Waals surface area contributed by atoms with Gasteiger partial charge in [-0.25, -0.2) is 9.97 Å². The summed E-state index contributed by atoms with van der Waals surface area (Å²) in [5.74, 6) is -0.214. The molecule has 24 heavy (non-hydrogen) atoms. The van der Waals surface area contributed by atoms with Gasteiger partial charge in [-0.05, 0) is 48.5 Å². The molecule has 1 heterocycles. The van der Waals surface area contributed by atoms with Gasteiger partial charge in [-0.1, -0.05) is 29.8 Å². The molecule has 0 aliphatic heterocycles. The topological polar surface area (TPSA) is 54.9 Å². The number of amides is 1. The fourth-order valence-corrected chi connectivity index (χ4v) is 2.72. The Bertz CT molecular complexity index is 1080. The minimum atomic E-state index is -0.214. The highest BCUT2D eigenvalue weighted by atomic mass is 35.5. The monoisotopic (exact) mass is 333 g/mol. The second kappa shape index (κ2) is 5.91. The summed E-state index contributed by atoms with van der Waals surface area (Å²) in [6.07, 6.45) is 0. The molecular formula is C19H12ClN3O. The molecule has 0 aliphatic rings. The van der Waals surface area contributed by atoms with Gasteiger partial charge >= 0.3 is 0 Å². The smallest absolute Gasteiger partial charge is 0.255 e. The summed E-state index contributed by atoms with van der Waals surface area (Å²) >= 11 is 5.94. The Kier molecular flexibility index (Phi) is 3.59. The summed E-state index contributed by atoms with van der Waals surface area (Å²) in [6, 6.07) is 20.0. The molecule has 4 aromatic rings. The molecule has 3 aromatic carbocycles. The lowest BCUT2D eigenvalue weighted by Crippen LogP contribution is -2.11. The van der Waals surface area contributed by atoms with Crippen molar-refractivity contribution < 1.29 is 4.79 Å². The first kappa shape index (κ1) is 14.6. The van der Waals surface area contributed by atoms with E-state index in [9.17, 15) is 4.79 Å². The summed E-state index contributed by atoms with van der Waals surface area (Å²) in [4.78, 5) is 21.6. The lowest BCUT2D eigenvalue weighted by molar-refractivity contribution is 0.102. The van der Waals surface area contributed by atoms with Crippen LogP contribution in [-0.4, -0.2) is 15.9 Å². The van der Waals surface area contributed by atoms with Gasteiger partial charge < -0.3 is 5.32 Å². The zero-order valence-electron chi connectivity index (χ0n) is 12.5. The number of aromatic nitrogens is 2. The van der Waals surface area contributed by atoms with Gasteiger partial charge in [0.05, 0.1) is 22.1 Å².